The standard InChI is InChI=1S/C27H27F4N8O5P/c1-32-25(41)24-23(6-5-20(36-24)17-12-35-39(14-17)9-2-10-40)33-8-7-21-18(27(29,30)31)13-34-26(37-21)38-22-4-3-16(11-19(22)28)15-44-45(42)43/h3-6,11-14,40H,2,7-10,15H2,1H3,(H3-,32,33,34,37,38,41,42,43)/p+1. The molecule has 0 aliphatic rings. The molecule has 4 aromatic rings. The first kappa shape index (κ1) is 33.3. The number of nitrogens with one attached hydrogen (secondary N) is 3. The van der Waals surface area contributed by atoms with E-state index in [1.54, 1.807) is 29.2 Å². The topological polar surface area (TPSA) is 176 Å². The zero-order valence-electron chi connectivity index (χ0n) is 23.7. The van der Waals surface area contributed by atoms with Crippen LogP contribution < -0.4 is 16.0 Å². The molecule has 0 radical (unpaired) electrons. The van der Waals surface area contributed by atoms with Gasteiger partial charge < -0.3 is 21.1 Å². The third kappa shape index (κ3) is 8.98. The molecule has 18 heteroatoms. The van der Waals surface area contributed by atoms with E-state index in [1.807, 2.05) is 0 Å². The minimum Gasteiger partial charge on any atom is -0.396 e. The summed E-state index contributed by atoms with van der Waals surface area (Å²) in [6, 6.07) is 6.89. The monoisotopic (exact) mass is 651 g/mol. The van der Waals surface area contributed by atoms with Gasteiger partial charge in [-0.15, -0.1) is 9.42 Å². The van der Waals surface area contributed by atoms with Crippen LogP contribution in [-0.2, 0) is 34.8 Å². The number of halogens is 4. The van der Waals surface area contributed by atoms with Crippen molar-refractivity contribution in [3.05, 3.63) is 77.3 Å². The number of rotatable bonds is 14. The quantitative estimate of drug-likeness (QED) is 0.0976. The molecule has 45 heavy (non-hydrogen) atoms. The molecule has 3 heterocycles. The van der Waals surface area contributed by atoms with Crippen LogP contribution in [0.15, 0.2) is 48.9 Å². The summed E-state index contributed by atoms with van der Waals surface area (Å²) in [5.41, 5.74) is -0.0133. The number of nitrogens with zero attached hydrogens (tertiary/aromatic N) is 5. The highest BCUT2D eigenvalue weighted by atomic mass is 31.1. The number of benzene rings is 1. The van der Waals surface area contributed by atoms with Crippen molar-refractivity contribution in [3.8, 4) is 11.3 Å². The molecule has 5 N–H and O–H groups in total. The van der Waals surface area contributed by atoms with Gasteiger partial charge in [0.2, 0.25) is 5.95 Å². The molecule has 13 nitrogen and oxygen atoms in total. The molecule has 1 atom stereocenters. The van der Waals surface area contributed by atoms with Gasteiger partial charge in [-0.3, -0.25) is 9.48 Å². The number of hydrogen-bond acceptors (Lipinski definition) is 10. The van der Waals surface area contributed by atoms with Gasteiger partial charge in [0, 0.05) is 55.7 Å². The van der Waals surface area contributed by atoms with Crippen molar-refractivity contribution in [1.29, 1.82) is 0 Å². The first-order valence-corrected chi connectivity index (χ1v) is 14.5. The van der Waals surface area contributed by atoms with E-state index < -0.39 is 31.7 Å². The van der Waals surface area contributed by atoms with Crippen molar-refractivity contribution in [1.82, 2.24) is 30.0 Å². The predicted molar refractivity (Wildman–Crippen MR) is 154 cm³/mol. The highest BCUT2D eigenvalue weighted by Gasteiger charge is 2.35. The van der Waals surface area contributed by atoms with Gasteiger partial charge in [0.15, 0.2) is 5.69 Å². The van der Waals surface area contributed by atoms with E-state index in [9.17, 15) is 26.9 Å². The maximum atomic E-state index is 14.6. The second-order valence-corrected chi connectivity index (χ2v) is 10.2. The van der Waals surface area contributed by atoms with Gasteiger partial charge in [0.1, 0.15) is 12.4 Å². The van der Waals surface area contributed by atoms with Gasteiger partial charge in [-0.1, -0.05) is 6.07 Å². The fourth-order valence-corrected chi connectivity index (χ4v) is 4.38. The average molecular weight is 652 g/mol. The number of anilines is 3. The van der Waals surface area contributed by atoms with Crippen LogP contribution in [0.5, 0.6) is 0 Å². The Balaban J connectivity index is 1.51. The van der Waals surface area contributed by atoms with E-state index in [2.05, 4.69) is 40.5 Å². The largest absolute Gasteiger partial charge is 0.695 e. The molecule has 0 saturated heterocycles. The third-order valence-electron chi connectivity index (χ3n) is 6.28. The number of aliphatic hydroxyl groups is 1. The lowest BCUT2D eigenvalue weighted by molar-refractivity contribution is -0.138. The molecule has 0 bridgehead atoms. The van der Waals surface area contributed by atoms with Crippen LogP contribution in [0, 0.1) is 5.82 Å². The second kappa shape index (κ2) is 14.9. The Labute approximate surface area is 254 Å². The molecule has 0 fully saturated rings. The van der Waals surface area contributed by atoms with Crippen LogP contribution in [0.4, 0.5) is 34.9 Å². The van der Waals surface area contributed by atoms with Gasteiger partial charge in [-0.05, 0) is 36.2 Å². The molecule has 3 aromatic heterocycles. The Kier molecular flexibility index (Phi) is 11.1. The van der Waals surface area contributed by atoms with Gasteiger partial charge in [-0.2, -0.15) is 18.3 Å². The van der Waals surface area contributed by atoms with E-state index in [0.717, 1.165) is 6.07 Å². The lowest BCUT2D eigenvalue weighted by Gasteiger charge is -2.15. The molecule has 0 aliphatic carbocycles. The molecule has 0 aliphatic heterocycles. The Hall–Kier alpha value is -4.57. The Morgan fingerprint density at radius 3 is 2.60 bits per heavy atom. The summed E-state index contributed by atoms with van der Waals surface area (Å²) in [5, 5.41) is 21.2. The first-order chi connectivity index (χ1) is 21.5. The zero-order valence-corrected chi connectivity index (χ0v) is 24.6. The zero-order chi connectivity index (χ0) is 32.6. The van der Waals surface area contributed by atoms with Gasteiger partial charge in [0.05, 0.1) is 34.5 Å². The van der Waals surface area contributed by atoms with Crippen LogP contribution in [0.3, 0.4) is 0 Å². The smallest absolute Gasteiger partial charge is 0.396 e. The number of aliphatic hydroxyl groups excluding tert-OH is 1. The molecule has 238 valence electrons. The molecule has 0 spiro atoms. The first-order valence-electron chi connectivity index (χ1n) is 13.4. The maximum absolute atomic E-state index is 14.6. The van der Waals surface area contributed by atoms with E-state index in [1.165, 1.54) is 19.2 Å². The lowest BCUT2D eigenvalue weighted by Crippen LogP contribution is -2.22. The number of aryl methyl sites for hydroxylation is 1. The van der Waals surface area contributed by atoms with Crippen LogP contribution in [0.25, 0.3) is 11.3 Å². The summed E-state index contributed by atoms with van der Waals surface area (Å²) >= 11 is 0. The highest BCUT2D eigenvalue weighted by Crippen LogP contribution is 2.32. The number of aromatic nitrogens is 5. The predicted octanol–water partition coefficient (Wildman–Crippen LogP) is 4.20. The number of carbonyl (C=O) groups is 1. The summed E-state index contributed by atoms with van der Waals surface area (Å²) in [5.74, 6) is -1.64. The molecular weight excluding hydrogens is 623 g/mol. The fourth-order valence-electron chi connectivity index (χ4n) is 4.13. The van der Waals surface area contributed by atoms with Crippen LogP contribution >= 0.6 is 8.25 Å². The number of pyridine rings is 1. The summed E-state index contributed by atoms with van der Waals surface area (Å²) in [6.45, 7) is 0.0882. The molecule has 1 aromatic carbocycles. The average Bonchev–Trinajstić information content (AvgIpc) is 3.48. The van der Waals surface area contributed by atoms with Crippen molar-refractivity contribution in [2.45, 2.75) is 32.2 Å². The van der Waals surface area contributed by atoms with Crippen molar-refractivity contribution < 1.29 is 41.4 Å². The summed E-state index contributed by atoms with van der Waals surface area (Å²) in [7, 11) is -1.46. The number of hydrogen-bond donors (Lipinski definition) is 5. The van der Waals surface area contributed by atoms with Gasteiger partial charge in [-0.25, -0.2) is 19.3 Å². The van der Waals surface area contributed by atoms with Crippen molar-refractivity contribution in [2.24, 2.45) is 0 Å². The van der Waals surface area contributed by atoms with E-state index in [4.69, 9.17) is 10.00 Å². The summed E-state index contributed by atoms with van der Waals surface area (Å²) < 4.78 is 72.8. The number of amides is 1. The highest BCUT2D eigenvalue weighted by molar-refractivity contribution is 7.32. The minimum atomic E-state index is -4.77. The summed E-state index contributed by atoms with van der Waals surface area (Å²) in [6.07, 6.45) is -0.639. The normalized spacial score (nSPS) is 11.8. The van der Waals surface area contributed by atoms with E-state index in [0.29, 0.717) is 30.4 Å². The van der Waals surface area contributed by atoms with Crippen LogP contribution in [-0.4, -0.2) is 60.8 Å². The molecular formula is C27H28F4N8O5P+. The van der Waals surface area contributed by atoms with E-state index >= 15 is 0 Å². The number of carbonyl (C=O) groups excluding carboxylic acids is 1. The van der Waals surface area contributed by atoms with Gasteiger partial charge in [0.25, 0.3) is 5.91 Å². The number of alkyl halides is 3. The van der Waals surface area contributed by atoms with Crippen LogP contribution in [0.1, 0.15) is 33.7 Å². The third-order valence-corrected chi connectivity index (χ3v) is 6.63. The van der Waals surface area contributed by atoms with Crippen molar-refractivity contribution in [3.63, 3.8) is 0 Å². The SMILES string of the molecule is CNC(=O)c1nc(-c2cnn(CCCO)c2)ccc1NCCc1nc(Nc2ccc(CO[P+](=O)O)cc2F)ncc1C(F)(F)F. The lowest BCUT2D eigenvalue weighted by atomic mass is 10.1. The molecule has 4 rings (SSSR count). The van der Waals surface area contributed by atoms with Crippen molar-refractivity contribution in [2.75, 3.05) is 30.8 Å². The van der Waals surface area contributed by atoms with E-state index in [-0.39, 0.29) is 60.5 Å². The molecule has 1 amide bonds. The molecule has 0 saturated carbocycles. The minimum absolute atomic E-state index is 0.00702. The Morgan fingerprint density at radius 2 is 1.91 bits per heavy atom. The van der Waals surface area contributed by atoms with Gasteiger partial charge >= 0.3 is 14.4 Å². The summed E-state index contributed by atoms with van der Waals surface area (Å²) in [4.78, 5) is 33.4. The van der Waals surface area contributed by atoms with Crippen LogP contribution in [0.2, 0.25) is 0 Å². The second-order valence-electron chi connectivity index (χ2n) is 9.42. The Morgan fingerprint density at radius 1 is 1.13 bits per heavy atom. The Bertz CT molecular complexity index is 1670. The molecule has 1 unspecified atom stereocenters. The van der Waals surface area contributed by atoms with Crippen molar-refractivity contribution >= 4 is 31.5 Å². The maximum Gasteiger partial charge on any atom is 0.695 e. The fraction of sp³-hybridized carbons (Fsp3) is 0.296.